The van der Waals surface area contributed by atoms with Crippen LogP contribution in [0, 0.1) is 0 Å². The molecule has 0 unspecified atom stereocenters. The van der Waals surface area contributed by atoms with Gasteiger partial charge >= 0.3 is 5.97 Å². The molecule has 1 heterocycles. The van der Waals surface area contributed by atoms with Gasteiger partial charge in [0.2, 0.25) is 5.91 Å². The fraction of sp³-hybridized carbons (Fsp3) is 0.417. The highest BCUT2D eigenvalue weighted by atomic mass is 16.5. The molecule has 0 spiro atoms. The first-order chi connectivity index (χ1) is 9.11. The van der Waals surface area contributed by atoms with E-state index in [1.54, 1.807) is 25.4 Å². The van der Waals surface area contributed by atoms with Gasteiger partial charge in [-0.3, -0.25) is 9.59 Å². The molecule has 0 aliphatic rings. The Hall–Kier alpha value is -2.15. The number of anilines is 2. The Morgan fingerprint density at radius 2 is 2.16 bits per heavy atom. The summed E-state index contributed by atoms with van der Waals surface area (Å²) in [4.78, 5) is 25.7. The number of aliphatic carboxylic acids is 1. The van der Waals surface area contributed by atoms with E-state index >= 15 is 0 Å². The van der Waals surface area contributed by atoms with Crippen LogP contribution in [-0.2, 0) is 14.3 Å². The van der Waals surface area contributed by atoms with Gasteiger partial charge in [-0.15, -0.1) is 0 Å². The Morgan fingerprint density at radius 1 is 1.37 bits per heavy atom. The van der Waals surface area contributed by atoms with Crippen LogP contribution in [0.15, 0.2) is 18.3 Å². The monoisotopic (exact) mass is 267 g/mol. The van der Waals surface area contributed by atoms with E-state index in [9.17, 15) is 9.59 Å². The summed E-state index contributed by atoms with van der Waals surface area (Å²) in [5.74, 6) is -0.969. The SMILES string of the molecule is COCCNc1ccc(NC(=O)CCC(=O)O)nc1. The lowest BCUT2D eigenvalue weighted by molar-refractivity contribution is -0.138. The topological polar surface area (TPSA) is 101 Å². The number of hydrogen-bond donors (Lipinski definition) is 3. The molecule has 104 valence electrons. The second kappa shape index (κ2) is 8.04. The van der Waals surface area contributed by atoms with Crippen LogP contribution < -0.4 is 10.6 Å². The average molecular weight is 267 g/mol. The van der Waals surface area contributed by atoms with Crippen molar-refractivity contribution >= 4 is 23.4 Å². The smallest absolute Gasteiger partial charge is 0.303 e. The summed E-state index contributed by atoms with van der Waals surface area (Å²) in [6.45, 7) is 1.26. The molecule has 1 rings (SSSR count). The zero-order valence-corrected chi connectivity index (χ0v) is 10.7. The van der Waals surface area contributed by atoms with E-state index < -0.39 is 5.97 Å². The van der Waals surface area contributed by atoms with Crippen molar-refractivity contribution in [1.82, 2.24) is 4.98 Å². The van der Waals surface area contributed by atoms with Crippen molar-refractivity contribution in [2.75, 3.05) is 30.9 Å². The van der Waals surface area contributed by atoms with Crippen molar-refractivity contribution in [2.45, 2.75) is 12.8 Å². The second-order valence-electron chi connectivity index (χ2n) is 3.79. The second-order valence-corrected chi connectivity index (χ2v) is 3.79. The summed E-state index contributed by atoms with van der Waals surface area (Å²) in [7, 11) is 1.62. The standard InChI is InChI=1S/C12H17N3O4/c1-19-7-6-13-9-2-3-10(14-8-9)15-11(16)4-5-12(17)18/h2-3,8,13H,4-7H2,1H3,(H,17,18)(H,14,15,16). The van der Waals surface area contributed by atoms with Crippen LogP contribution in [0.25, 0.3) is 0 Å². The lowest BCUT2D eigenvalue weighted by Gasteiger charge is -2.07. The fourth-order valence-corrected chi connectivity index (χ4v) is 1.30. The number of methoxy groups -OCH3 is 1. The Labute approximate surface area is 111 Å². The number of aromatic nitrogens is 1. The molecule has 1 aromatic rings. The van der Waals surface area contributed by atoms with Crippen LogP contribution in [0.4, 0.5) is 11.5 Å². The van der Waals surface area contributed by atoms with Crippen LogP contribution >= 0.6 is 0 Å². The van der Waals surface area contributed by atoms with E-state index in [4.69, 9.17) is 9.84 Å². The first-order valence-corrected chi connectivity index (χ1v) is 5.82. The van der Waals surface area contributed by atoms with Crippen LogP contribution in [0.2, 0.25) is 0 Å². The molecule has 0 aliphatic carbocycles. The number of nitrogens with zero attached hydrogens (tertiary/aromatic N) is 1. The lowest BCUT2D eigenvalue weighted by atomic mass is 10.3. The zero-order chi connectivity index (χ0) is 14.1. The molecular weight excluding hydrogens is 250 g/mol. The van der Waals surface area contributed by atoms with Crippen LogP contribution in [0.3, 0.4) is 0 Å². The third-order valence-electron chi connectivity index (χ3n) is 2.23. The molecule has 0 aromatic carbocycles. The third-order valence-corrected chi connectivity index (χ3v) is 2.23. The molecule has 3 N–H and O–H groups in total. The molecule has 1 amide bonds. The van der Waals surface area contributed by atoms with Crippen molar-refractivity contribution in [3.8, 4) is 0 Å². The minimum Gasteiger partial charge on any atom is -0.481 e. The molecule has 0 atom stereocenters. The first-order valence-electron chi connectivity index (χ1n) is 5.82. The molecule has 0 saturated carbocycles. The molecule has 19 heavy (non-hydrogen) atoms. The highest BCUT2D eigenvalue weighted by Gasteiger charge is 2.06. The van der Waals surface area contributed by atoms with Gasteiger partial charge in [0.1, 0.15) is 5.82 Å². The number of carbonyl (C=O) groups excluding carboxylic acids is 1. The largest absolute Gasteiger partial charge is 0.481 e. The molecule has 1 aromatic heterocycles. The van der Waals surface area contributed by atoms with E-state index in [2.05, 4.69) is 15.6 Å². The first kappa shape index (κ1) is 14.9. The van der Waals surface area contributed by atoms with E-state index in [1.165, 1.54) is 0 Å². The van der Waals surface area contributed by atoms with E-state index in [1.807, 2.05) is 0 Å². The average Bonchev–Trinajstić information content (AvgIpc) is 2.39. The minimum atomic E-state index is -0.999. The number of amides is 1. The van der Waals surface area contributed by atoms with E-state index in [-0.39, 0.29) is 18.7 Å². The van der Waals surface area contributed by atoms with E-state index in [0.717, 1.165) is 5.69 Å². The Morgan fingerprint density at radius 3 is 2.74 bits per heavy atom. The van der Waals surface area contributed by atoms with Crippen LogP contribution in [0.5, 0.6) is 0 Å². The van der Waals surface area contributed by atoms with Gasteiger partial charge in [-0.2, -0.15) is 0 Å². The van der Waals surface area contributed by atoms with Crippen molar-refractivity contribution < 1.29 is 19.4 Å². The highest BCUT2D eigenvalue weighted by Crippen LogP contribution is 2.09. The van der Waals surface area contributed by atoms with Gasteiger partial charge < -0.3 is 20.5 Å². The van der Waals surface area contributed by atoms with Crippen LogP contribution in [-0.4, -0.2) is 42.2 Å². The summed E-state index contributed by atoms with van der Waals surface area (Å²) in [5, 5.41) is 14.1. The van der Waals surface area contributed by atoms with Crippen molar-refractivity contribution in [2.24, 2.45) is 0 Å². The Kier molecular flexibility index (Phi) is 6.31. The van der Waals surface area contributed by atoms with Crippen LogP contribution in [0.1, 0.15) is 12.8 Å². The summed E-state index contributed by atoms with van der Waals surface area (Å²) in [6, 6.07) is 3.42. The van der Waals surface area contributed by atoms with Gasteiger partial charge in [0.15, 0.2) is 0 Å². The molecule has 0 saturated heterocycles. The predicted octanol–water partition coefficient (Wildman–Crippen LogP) is 0.943. The van der Waals surface area contributed by atoms with Crippen molar-refractivity contribution in [3.05, 3.63) is 18.3 Å². The molecule has 0 bridgehead atoms. The van der Waals surface area contributed by atoms with E-state index in [0.29, 0.717) is 19.0 Å². The maximum Gasteiger partial charge on any atom is 0.303 e. The molecule has 7 nitrogen and oxygen atoms in total. The Balaban J connectivity index is 2.39. The number of pyridine rings is 1. The molecule has 7 heteroatoms. The number of ether oxygens (including phenoxy) is 1. The predicted molar refractivity (Wildman–Crippen MR) is 70.1 cm³/mol. The number of carbonyl (C=O) groups is 2. The molecular formula is C12H17N3O4. The molecule has 0 fully saturated rings. The summed E-state index contributed by atoms with van der Waals surface area (Å²) >= 11 is 0. The minimum absolute atomic E-state index is 0.0646. The summed E-state index contributed by atoms with van der Waals surface area (Å²) in [5.41, 5.74) is 0.820. The highest BCUT2D eigenvalue weighted by molar-refractivity contribution is 5.91. The maximum atomic E-state index is 11.4. The summed E-state index contributed by atoms with van der Waals surface area (Å²) < 4.78 is 4.90. The molecule has 0 radical (unpaired) electrons. The number of nitrogens with one attached hydrogen (secondary N) is 2. The third kappa shape index (κ3) is 6.37. The summed E-state index contributed by atoms with van der Waals surface area (Å²) in [6.07, 6.45) is 1.33. The zero-order valence-electron chi connectivity index (χ0n) is 10.7. The number of carboxylic acids is 1. The van der Waals surface area contributed by atoms with Crippen molar-refractivity contribution in [1.29, 1.82) is 0 Å². The lowest BCUT2D eigenvalue weighted by Crippen LogP contribution is -2.14. The number of hydrogen-bond acceptors (Lipinski definition) is 5. The van der Waals surface area contributed by atoms with Gasteiger partial charge in [0.25, 0.3) is 0 Å². The number of carboxylic acid groups (broad SMARTS) is 1. The Bertz CT molecular complexity index is 419. The fourth-order valence-electron chi connectivity index (χ4n) is 1.30. The van der Waals surface area contributed by atoms with Gasteiger partial charge in [0, 0.05) is 20.1 Å². The maximum absolute atomic E-state index is 11.4. The quantitative estimate of drug-likeness (QED) is 0.606. The number of rotatable bonds is 8. The van der Waals surface area contributed by atoms with Gasteiger partial charge in [-0.05, 0) is 12.1 Å². The van der Waals surface area contributed by atoms with Gasteiger partial charge in [-0.25, -0.2) is 4.98 Å². The molecule has 0 aliphatic heterocycles. The normalized spacial score (nSPS) is 9.95. The van der Waals surface area contributed by atoms with Gasteiger partial charge in [0.05, 0.1) is 24.9 Å². The van der Waals surface area contributed by atoms with Crippen molar-refractivity contribution in [3.63, 3.8) is 0 Å². The van der Waals surface area contributed by atoms with Gasteiger partial charge in [-0.1, -0.05) is 0 Å².